The van der Waals surface area contributed by atoms with Crippen molar-refractivity contribution in [3.05, 3.63) is 58.9 Å². The molecule has 3 aromatic rings. The first-order valence-electron chi connectivity index (χ1n) is 5.80. The van der Waals surface area contributed by atoms with Crippen molar-refractivity contribution < 1.29 is 0 Å². The zero-order valence-electron chi connectivity index (χ0n) is 9.97. The molecular formula is C15H12N2S. The molecule has 0 radical (unpaired) electrons. The molecule has 0 aliphatic heterocycles. The number of nitrogens with one attached hydrogen (secondary N) is 1. The lowest BCUT2D eigenvalue weighted by atomic mass is 10.1. The predicted octanol–water partition coefficient (Wildman–Crippen LogP) is 4.27. The standard InChI is InChI=1S/C15H12N2S/c1-10-6-8-11(9-7-10)14-12-4-2-3-5-13(12)16-15(18)17-14/h2-9H,1H3,(H,16,17,18). The number of fused-ring (bicyclic) bond motifs is 1. The summed E-state index contributed by atoms with van der Waals surface area (Å²) in [5, 5.41) is 1.09. The van der Waals surface area contributed by atoms with Gasteiger partial charge in [0.2, 0.25) is 0 Å². The van der Waals surface area contributed by atoms with Gasteiger partial charge in [-0.05, 0) is 25.2 Å². The maximum absolute atomic E-state index is 5.19. The van der Waals surface area contributed by atoms with Gasteiger partial charge in [-0.15, -0.1) is 0 Å². The number of hydrogen-bond donors (Lipinski definition) is 1. The predicted molar refractivity (Wildman–Crippen MR) is 77.1 cm³/mol. The van der Waals surface area contributed by atoms with Crippen LogP contribution in [0.5, 0.6) is 0 Å². The minimum atomic E-state index is 0.518. The first-order valence-corrected chi connectivity index (χ1v) is 6.21. The van der Waals surface area contributed by atoms with Crippen molar-refractivity contribution in [3.63, 3.8) is 0 Å². The molecule has 1 heterocycles. The van der Waals surface area contributed by atoms with E-state index in [1.54, 1.807) is 0 Å². The fraction of sp³-hybridized carbons (Fsp3) is 0.0667. The molecule has 2 nitrogen and oxygen atoms in total. The van der Waals surface area contributed by atoms with Crippen molar-refractivity contribution >= 4 is 23.1 Å². The Hall–Kier alpha value is -2.00. The van der Waals surface area contributed by atoms with E-state index in [4.69, 9.17) is 12.2 Å². The fourth-order valence-electron chi connectivity index (χ4n) is 2.04. The molecular weight excluding hydrogens is 240 g/mol. The summed E-state index contributed by atoms with van der Waals surface area (Å²) < 4.78 is 0.518. The van der Waals surface area contributed by atoms with E-state index in [2.05, 4.69) is 47.2 Å². The molecule has 1 aromatic heterocycles. The van der Waals surface area contributed by atoms with Crippen LogP contribution in [0.1, 0.15) is 5.56 Å². The van der Waals surface area contributed by atoms with Crippen LogP contribution in [0.15, 0.2) is 48.5 Å². The van der Waals surface area contributed by atoms with Gasteiger partial charge in [0.25, 0.3) is 0 Å². The molecule has 0 aliphatic carbocycles. The Bertz CT molecular complexity index is 757. The van der Waals surface area contributed by atoms with Crippen LogP contribution < -0.4 is 0 Å². The lowest BCUT2D eigenvalue weighted by Crippen LogP contribution is -1.90. The Kier molecular flexibility index (Phi) is 2.68. The number of aromatic nitrogens is 2. The maximum Gasteiger partial charge on any atom is 0.197 e. The van der Waals surface area contributed by atoms with Gasteiger partial charge < -0.3 is 4.98 Å². The van der Waals surface area contributed by atoms with Crippen LogP contribution in [-0.4, -0.2) is 9.97 Å². The number of hydrogen-bond acceptors (Lipinski definition) is 2. The Morgan fingerprint density at radius 2 is 1.72 bits per heavy atom. The smallest absolute Gasteiger partial charge is 0.197 e. The number of rotatable bonds is 1. The quantitative estimate of drug-likeness (QED) is 0.655. The summed E-state index contributed by atoms with van der Waals surface area (Å²) in [5.74, 6) is 0. The number of aryl methyl sites for hydroxylation is 1. The Morgan fingerprint density at radius 1 is 1.00 bits per heavy atom. The second-order valence-electron chi connectivity index (χ2n) is 4.30. The van der Waals surface area contributed by atoms with Crippen LogP contribution in [0.4, 0.5) is 0 Å². The fourth-order valence-corrected chi connectivity index (χ4v) is 2.24. The number of H-pyrrole nitrogens is 1. The van der Waals surface area contributed by atoms with Crippen molar-refractivity contribution in [2.45, 2.75) is 6.92 Å². The molecule has 3 heteroatoms. The second-order valence-corrected chi connectivity index (χ2v) is 4.69. The molecule has 0 aliphatic rings. The maximum atomic E-state index is 5.19. The van der Waals surface area contributed by atoms with Crippen molar-refractivity contribution in [2.24, 2.45) is 0 Å². The number of para-hydroxylation sites is 1. The SMILES string of the molecule is Cc1ccc(-c2nc(=S)[nH]c3ccccc23)cc1. The molecule has 2 aromatic carbocycles. The van der Waals surface area contributed by atoms with Crippen LogP contribution in [0.3, 0.4) is 0 Å². The summed E-state index contributed by atoms with van der Waals surface area (Å²) in [6.45, 7) is 2.08. The Morgan fingerprint density at radius 3 is 2.50 bits per heavy atom. The average molecular weight is 252 g/mol. The first-order chi connectivity index (χ1) is 8.74. The summed E-state index contributed by atoms with van der Waals surface area (Å²) in [6.07, 6.45) is 0. The highest BCUT2D eigenvalue weighted by Crippen LogP contribution is 2.25. The van der Waals surface area contributed by atoms with Gasteiger partial charge in [-0.1, -0.05) is 48.0 Å². The van der Waals surface area contributed by atoms with Crippen LogP contribution in [0, 0.1) is 11.7 Å². The van der Waals surface area contributed by atoms with Crippen LogP contribution in [0.25, 0.3) is 22.2 Å². The van der Waals surface area contributed by atoms with Gasteiger partial charge >= 0.3 is 0 Å². The summed E-state index contributed by atoms with van der Waals surface area (Å²) >= 11 is 5.19. The summed E-state index contributed by atoms with van der Waals surface area (Å²) in [7, 11) is 0. The van der Waals surface area contributed by atoms with Crippen molar-refractivity contribution in [1.29, 1.82) is 0 Å². The van der Waals surface area contributed by atoms with Gasteiger partial charge in [-0.25, -0.2) is 4.98 Å². The summed E-state index contributed by atoms with van der Waals surface area (Å²) in [4.78, 5) is 7.58. The third-order valence-corrected chi connectivity index (χ3v) is 3.16. The molecule has 1 N–H and O–H groups in total. The van der Waals surface area contributed by atoms with E-state index in [1.165, 1.54) is 5.56 Å². The van der Waals surface area contributed by atoms with Crippen LogP contribution in [-0.2, 0) is 0 Å². The van der Waals surface area contributed by atoms with Crippen molar-refractivity contribution in [3.8, 4) is 11.3 Å². The van der Waals surface area contributed by atoms with Crippen molar-refractivity contribution in [1.82, 2.24) is 9.97 Å². The van der Waals surface area contributed by atoms with Gasteiger partial charge in [0.15, 0.2) is 4.77 Å². The zero-order chi connectivity index (χ0) is 12.5. The zero-order valence-corrected chi connectivity index (χ0v) is 10.8. The van der Waals surface area contributed by atoms with E-state index in [9.17, 15) is 0 Å². The minimum absolute atomic E-state index is 0.518. The molecule has 0 amide bonds. The summed E-state index contributed by atoms with van der Waals surface area (Å²) in [5.41, 5.74) is 4.29. The number of nitrogens with zero attached hydrogens (tertiary/aromatic N) is 1. The highest BCUT2D eigenvalue weighted by atomic mass is 32.1. The van der Waals surface area contributed by atoms with Gasteiger partial charge in [-0.3, -0.25) is 0 Å². The van der Waals surface area contributed by atoms with E-state index in [0.29, 0.717) is 4.77 Å². The van der Waals surface area contributed by atoms with Gasteiger partial charge in [0.1, 0.15) is 0 Å². The number of aromatic amines is 1. The third-order valence-electron chi connectivity index (χ3n) is 2.96. The molecule has 3 rings (SSSR count). The third kappa shape index (κ3) is 1.93. The van der Waals surface area contributed by atoms with Crippen LogP contribution in [0.2, 0.25) is 0 Å². The second kappa shape index (κ2) is 4.35. The molecule has 18 heavy (non-hydrogen) atoms. The Labute approximate surface area is 110 Å². The highest BCUT2D eigenvalue weighted by Gasteiger charge is 2.05. The van der Waals surface area contributed by atoms with E-state index < -0.39 is 0 Å². The van der Waals surface area contributed by atoms with E-state index in [1.807, 2.05) is 18.2 Å². The molecule has 0 fully saturated rings. The normalized spacial score (nSPS) is 10.7. The van der Waals surface area contributed by atoms with Gasteiger partial charge in [0, 0.05) is 16.5 Å². The van der Waals surface area contributed by atoms with E-state index in [-0.39, 0.29) is 0 Å². The molecule has 88 valence electrons. The molecule has 0 unspecified atom stereocenters. The minimum Gasteiger partial charge on any atom is -0.330 e. The van der Waals surface area contributed by atoms with E-state index in [0.717, 1.165) is 22.2 Å². The monoisotopic (exact) mass is 252 g/mol. The molecule has 0 atom stereocenters. The van der Waals surface area contributed by atoms with Gasteiger partial charge in [-0.2, -0.15) is 0 Å². The Balaban J connectivity index is 2.34. The highest BCUT2D eigenvalue weighted by molar-refractivity contribution is 7.71. The van der Waals surface area contributed by atoms with Crippen LogP contribution >= 0.6 is 12.2 Å². The molecule has 0 spiro atoms. The van der Waals surface area contributed by atoms with E-state index >= 15 is 0 Å². The molecule has 0 saturated heterocycles. The topological polar surface area (TPSA) is 28.7 Å². The largest absolute Gasteiger partial charge is 0.330 e. The first kappa shape index (κ1) is 11.1. The molecule has 0 bridgehead atoms. The summed E-state index contributed by atoms with van der Waals surface area (Å²) in [6, 6.07) is 16.4. The number of benzene rings is 2. The average Bonchev–Trinajstić information content (AvgIpc) is 2.38. The van der Waals surface area contributed by atoms with Crippen molar-refractivity contribution in [2.75, 3.05) is 0 Å². The lowest BCUT2D eigenvalue weighted by Gasteiger charge is -2.06. The van der Waals surface area contributed by atoms with Gasteiger partial charge in [0.05, 0.1) is 5.69 Å². The lowest BCUT2D eigenvalue weighted by molar-refractivity contribution is 1.19. The molecule has 0 saturated carbocycles.